The number of hydrogen-bond acceptors (Lipinski definition) is 8. The highest BCUT2D eigenvalue weighted by molar-refractivity contribution is 6.95. The molecule has 5 aliphatic heterocycles. The monoisotopic (exact) mass is 728 g/mol. The molecule has 8 aliphatic carbocycles. The molecule has 13 aliphatic rings. The maximum Gasteiger partial charge on any atom is 0.320 e. The van der Waals surface area contributed by atoms with Crippen LogP contribution in [0.25, 0.3) is 0 Å². The fourth-order valence-electron chi connectivity index (χ4n) is 15.8. The normalized spacial score (nSPS) is 71.2. The van der Waals surface area contributed by atoms with E-state index in [0.717, 1.165) is 0 Å². The van der Waals surface area contributed by atoms with Crippen molar-refractivity contribution in [1.82, 2.24) is 0 Å². The van der Waals surface area contributed by atoms with Crippen LogP contribution >= 0.6 is 0 Å². The highest BCUT2D eigenvalue weighted by Crippen LogP contribution is 2.74. The Kier molecular flexibility index (Phi) is 5.45. The molecule has 48 heavy (non-hydrogen) atoms. The van der Waals surface area contributed by atoms with E-state index in [1.54, 1.807) is 0 Å². The highest BCUT2D eigenvalue weighted by atomic mass is 28.5. The molecule has 0 aromatic heterocycles. The van der Waals surface area contributed by atoms with Gasteiger partial charge in [0.2, 0.25) is 0 Å². The smallest absolute Gasteiger partial charge is 0.320 e. The van der Waals surface area contributed by atoms with Crippen molar-refractivity contribution < 1.29 is 35.4 Å². The fraction of sp³-hybridized carbons (Fsp3) is 1.00. The van der Waals surface area contributed by atoms with Crippen molar-refractivity contribution in [2.75, 3.05) is 0 Å². The van der Waals surface area contributed by atoms with Crippen molar-refractivity contribution in [3.63, 3.8) is 0 Å². The lowest BCUT2D eigenvalue weighted by atomic mass is 9.65. The zero-order valence-corrected chi connectivity index (χ0v) is 33.5. The molecule has 12 heteroatoms. The Morgan fingerprint density at radius 2 is 0.562 bits per heavy atom. The van der Waals surface area contributed by atoms with Crippen LogP contribution in [0.1, 0.15) is 103 Å². The lowest BCUT2D eigenvalue weighted by molar-refractivity contribution is 0.0543. The number of rotatable bonds is 4. The zero-order valence-electron chi connectivity index (χ0n) is 29.5. The van der Waals surface area contributed by atoms with Gasteiger partial charge in [0.05, 0.1) is 46.8 Å². The van der Waals surface area contributed by atoms with Crippen molar-refractivity contribution in [3.05, 3.63) is 0 Å². The van der Waals surface area contributed by atoms with Crippen molar-refractivity contribution in [1.29, 1.82) is 0 Å². The Balaban J connectivity index is 0.944. The Labute approximate surface area is 290 Å². The second kappa shape index (κ2) is 8.74. The van der Waals surface area contributed by atoms with Gasteiger partial charge < -0.3 is 35.4 Å². The third-order valence-corrected chi connectivity index (χ3v) is 39.6. The Hall–Kier alpha value is 0.548. The summed E-state index contributed by atoms with van der Waals surface area (Å²) in [4.78, 5) is 0. The first kappa shape index (κ1) is 29.9. The molecule has 8 saturated carbocycles. The predicted molar refractivity (Wildman–Crippen MR) is 184 cm³/mol. The summed E-state index contributed by atoms with van der Waals surface area (Å²) in [6, 6.07) is 0. The third-order valence-electron chi connectivity index (χ3n) is 18.5. The fourth-order valence-corrected chi connectivity index (χ4v) is 43.2. The maximum absolute atomic E-state index is 8.23. The molecule has 264 valence electrons. The van der Waals surface area contributed by atoms with E-state index in [4.69, 9.17) is 35.4 Å². The third kappa shape index (κ3) is 3.40. The number of epoxide rings is 4. The van der Waals surface area contributed by atoms with E-state index < -0.39 is 34.2 Å². The zero-order chi connectivity index (χ0) is 31.9. The van der Waals surface area contributed by atoms with Crippen LogP contribution < -0.4 is 0 Å². The summed E-state index contributed by atoms with van der Waals surface area (Å²) in [5.74, 6) is 2.33. The van der Waals surface area contributed by atoms with E-state index in [1.807, 2.05) is 0 Å². The molecule has 0 aromatic carbocycles. The quantitative estimate of drug-likeness (QED) is 0.222. The summed E-state index contributed by atoms with van der Waals surface area (Å²) in [5.41, 5.74) is 2.36. The van der Waals surface area contributed by atoms with Gasteiger partial charge in [-0.1, -0.05) is 0 Å². The molecular weight excluding hydrogens is 673 g/mol. The van der Waals surface area contributed by atoms with Gasteiger partial charge in [0, 0.05) is 22.2 Å². The lowest BCUT2D eigenvalue weighted by Crippen LogP contribution is -2.75. The standard InChI is InChI=1S/C36H56O8Si4/c1-45(25-5-9-29-33(37-29)17-13-21(25)33)41-46(2,26-6-10-30-34(38-30)18-14-22(26)34)43-48(4,28-8-12-32-36(40-32)20-16-24(28)36)44-47(3,42-45)27-7-11-31-35(39-31)19-15-23(27)35/h21-32H,5-20H2,1-4H3. The summed E-state index contributed by atoms with van der Waals surface area (Å²) < 4.78 is 59.0. The summed E-state index contributed by atoms with van der Waals surface area (Å²) in [6.07, 6.45) is 21.3. The molecule has 0 N–H and O–H groups in total. The van der Waals surface area contributed by atoms with Crippen LogP contribution in [0, 0.1) is 23.7 Å². The molecule has 4 spiro atoms. The second-order valence-electron chi connectivity index (χ2n) is 20.0. The van der Waals surface area contributed by atoms with Gasteiger partial charge in [0.15, 0.2) is 0 Å². The average molecular weight is 729 g/mol. The van der Waals surface area contributed by atoms with Crippen LogP contribution in [0.2, 0.25) is 48.4 Å². The minimum Gasteiger partial charge on any atom is -0.415 e. The molecule has 13 fully saturated rings. The van der Waals surface area contributed by atoms with Crippen molar-refractivity contribution in [2.24, 2.45) is 23.7 Å². The molecule has 0 bridgehead atoms. The molecule has 5 heterocycles. The van der Waals surface area contributed by atoms with Gasteiger partial charge >= 0.3 is 34.2 Å². The number of hydrogen-bond donors (Lipinski definition) is 0. The molecule has 8 nitrogen and oxygen atoms in total. The molecule has 16 atom stereocenters. The minimum atomic E-state index is -2.83. The van der Waals surface area contributed by atoms with Gasteiger partial charge in [-0.3, -0.25) is 0 Å². The van der Waals surface area contributed by atoms with Crippen molar-refractivity contribution in [3.8, 4) is 0 Å². The molecule has 0 aromatic rings. The summed E-state index contributed by atoms with van der Waals surface area (Å²) >= 11 is 0. The van der Waals surface area contributed by atoms with Gasteiger partial charge in [-0.15, -0.1) is 0 Å². The first-order valence-electron chi connectivity index (χ1n) is 20.5. The Morgan fingerprint density at radius 1 is 0.333 bits per heavy atom. The van der Waals surface area contributed by atoms with Crippen LogP contribution in [0.4, 0.5) is 0 Å². The van der Waals surface area contributed by atoms with E-state index in [2.05, 4.69) is 26.2 Å². The van der Waals surface area contributed by atoms with E-state index in [1.165, 1.54) is 103 Å². The summed E-state index contributed by atoms with van der Waals surface area (Å²) in [5, 5.41) is 0. The molecular formula is C36H56O8Si4. The van der Waals surface area contributed by atoms with Gasteiger partial charge in [-0.25, -0.2) is 0 Å². The molecule has 13 rings (SSSR count). The Bertz CT molecular complexity index is 1280. The first-order chi connectivity index (χ1) is 23.0. The average Bonchev–Trinajstić information content (AvgIpc) is 3.83. The maximum atomic E-state index is 8.23. The molecule has 0 amide bonds. The SMILES string of the molecule is C[Si]1(C2CCC3OC34CCC24)O[Si](C)(C2CCC3OC34CCC24)O[Si](C)(C2CCC3OC34CCC24)O[Si](C)(C2CCC3OC34CCC24)O1. The van der Waals surface area contributed by atoms with Crippen LogP contribution in [0.3, 0.4) is 0 Å². The van der Waals surface area contributed by atoms with Crippen LogP contribution in [0.5, 0.6) is 0 Å². The highest BCUT2D eigenvalue weighted by Gasteiger charge is 2.80. The van der Waals surface area contributed by atoms with E-state index >= 15 is 0 Å². The van der Waals surface area contributed by atoms with Crippen LogP contribution in [0.15, 0.2) is 0 Å². The van der Waals surface area contributed by atoms with E-state index in [-0.39, 0.29) is 22.4 Å². The van der Waals surface area contributed by atoms with Gasteiger partial charge in [-0.05, 0) is 153 Å². The largest absolute Gasteiger partial charge is 0.415 e. The van der Waals surface area contributed by atoms with Gasteiger partial charge in [0.25, 0.3) is 0 Å². The topological polar surface area (TPSA) is 87.0 Å². The van der Waals surface area contributed by atoms with Crippen LogP contribution in [-0.4, -0.2) is 81.1 Å². The van der Waals surface area contributed by atoms with E-state index in [9.17, 15) is 0 Å². The summed E-state index contributed by atoms with van der Waals surface area (Å²) in [6.45, 7) is 10.0. The predicted octanol–water partition coefficient (Wildman–Crippen LogP) is 7.20. The van der Waals surface area contributed by atoms with E-state index in [0.29, 0.717) is 70.3 Å². The number of ether oxygens (including phenoxy) is 4. The van der Waals surface area contributed by atoms with Gasteiger partial charge in [0.1, 0.15) is 0 Å². The second-order valence-corrected chi connectivity index (χ2v) is 34.4. The first-order valence-corrected chi connectivity index (χ1v) is 30.1. The van der Waals surface area contributed by atoms with Gasteiger partial charge in [-0.2, -0.15) is 0 Å². The Morgan fingerprint density at radius 3 is 0.750 bits per heavy atom. The van der Waals surface area contributed by atoms with Crippen molar-refractivity contribution >= 4 is 34.2 Å². The lowest BCUT2D eigenvalue weighted by Gasteiger charge is -2.62. The molecule has 5 saturated heterocycles. The molecule has 16 unspecified atom stereocenters. The molecule has 0 radical (unpaired) electrons. The summed E-state index contributed by atoms with van der Waals surface area (Å²) in [7, 11) is -11.3. The minimum absolute atomic E-state index is 0.131. The van der Waals surface area contributed by atoms with Crippen molar-refractivity contribution in [2.45, 2.75) is 198 Å². The van der Waals surface area contributed by atoms with Crippen LogP contribution in [-0.2, 0) is 35.4 Å².